The number of aliphatic carboxylic acids is 1. The fourth-order valence-electron chi connectivity index (χ4n) is 3.60. The second-order valence-electron chi connectivity index (χ2n) is 7.19. The third-order valence-electron chi connectivity index (χ3n) is 4.97. The van der Waals surface area contributed by atoms with Crippen molar-refractivity contribution in [2.45, 2.75) is 49.1 Å². The minimum atomic E-state index is -1.53. The van der Waals surface area contributed by atoms with Crippen LogP contribution in [0.1, 0.15) is 32.4 Å². The second kappa shape index (κ2) is 8.13. The molecule has 2 fully saturated rings. The first-order chi connectivity index (χ1) is 12.1. The third-order valence-corrected chi connectivity index (χ3v) is 6.57. The van der Waals surface area contributed by atoms with Gasteiger partial charge in [0.05, 0.1) is 23.4 Å². The van der Waals surface area contributed by atoms with Gasteiger partial charge in [-0.1, -0.05) is 30.3 Å². The van der Waals surface area contributed by atoms with E-state index in [9.17, 15) is 24.6 Å². The normalized spacial score (nSPS) is 27.6. The monoisotopic (exact) mass is 400 g/mol. The first-order valence-electron chi connectivity index (χ1n) is 8.39. The summed E-state index contributed by atoms with van der Waals surface area (Å²) in [6.07, 6.45) is -1.53. The molecule has 2 aliphatic heterocycles. The number of β-lactam (4-membered cyclic amide) rings is 1. The van der Waals surface area contributed by atoms with Gasteiger partial charge in [-0.05, 0) is 26.3 Å². The molecule has 1 aromatic carbocycles. The number of nitrogens with one attached hydrogen (secondary N) is 1. The minimum Gasteiger partial charge on any atom is -0.548 e. The smallest absolute Gasteiger partial charge is 0.548 e. The van der Waals surface area contributed by atoms with Crippen molar-refractivity contribution >= 4 is 29.5 Å². The number of fused-ring (bicyclic) bond motifs is 1. The molecule has 140 valence electrons. The molecular formula is C18H21N2NaO5S. The maximum Gasteiger partial charge on any atom is 1.00 e. The summed E-state index contributed by atoms with van der Waals surface area (Å²) in [7, 11) is 0. The summed E-state index contributed by atoms with van der Waals surface area (Å²) in [4.78, 5) is 37.4. The van der Waals surface area contributed by atoms with E-state index in [0.29, 0.717) is 0 Å². The number of aliphatic hydroxyl groups excluding tert-OH is 1. The molecule has 0 aromatic heterocycles. The predicted molar refractivity (Wildman–Crippen MR) is 93.6 cm³/mol. The van der Waals surface area contributed by atoms with E-state index in [1.807, 2.05) is 30.3 Å². The van der Waals surface area contributed by atoms with Crippen molar-refractivity contribution in [1.29, 1.82) is 0 Å². The molecule has 2 aliphatic rings. The van der Waals surface area contributed by atoms with Crippen molar-refractivity contribution in [1.82, 2.24) is 10.2 Å². The molecule has 0 radical (unpaired) electrons. The van der Waals surface area contributed by atoms with Crippen LogP contribution in [-0.2, 0) is 14.4 Å². The van der Waals surface area contributed by atoms with Crippen molar-refractivity contribution in [2.24, 2.45) is 5.92 Å². The number of aliphatic hydroxyl groups is 1. The van der Waals surface area contributed by atoms with Crippen LogP contribution < -0.4 is 40.0 Å². The van der Waals surface area contributed by atoms with Gasteiger partial charge in [-0.3, -0.25) is 9.59 Å². The van der Waals surface area contributed by atoms with E-state index in [1.165, 1.54) is 16.7 Å². The summed E-state index contributed by atoms with van der Waals surface area (Å²) in [5.74, 6) is -3.45. The predicted octanol–water partition coefficient (Wildman–Crippen LogP) is -3.34. The number of amides is 2. The molecule has 7 nitrogen and oxygen atoms in total. The average molecular weight is 400 g/mol. The number of carboxylic acid groups (broad SMARTS) is 1. The summed E-state index contributed by atoms with van der Waals surface area (Å²) in [6.45, 7) is 5.21. The zero-order chi connectivity index (χ0) is 19.2. The van der Waals surface area contributed by atoms with E-state index in [-0.39, 0.29) is 35.6 Å². The fraction of sp³-hybridized carbons (Fsp3) is 0.500. The molecule has 9 heteroatoms. The third kappa shape index (κ3) is 3.91. The Balaban J connectivity index is 0.00000261. The molecule has 2 saturated heterocycles. The molecule has 0 unspecified atom stereocenters. The molecule has 5 atom stereocenters. The van der Waals surface area contributed by atoms with Gasteiger partial charge in [0.15, 0.2) is 0 Å². The van der Waals surface area contributed by atoms with Gasteiger partial charge in [-0.15, -0.1) is 11.8 Å². The first-order valence-corrected chi connectivity index (χ1v) is 9.27. The summed E-state index contributed by atoms with van der Waals surface area (Å²) in [5.41, 5.74) is 0.878. The van der Waals surface area contributed by atoms with E-state index >= 15 is 0 Å². The van der Waals surface area contributed by atoms with Gasteiger partial charge in [0.2, 0.25) is 11.8 Å². The number of benzene rings is 1. The summed E-state index contributed by atoms with van der Waals surface area (Å²) in [6, 6.07) is 7.87. The van der Waals surface area contributed by atoms with Crippen LogP contribution in [-0.4, -0.2) is 50.1 Å². The number of carbonyl (C=O) groups excluding carboxylic acids is 3. The number of thioether (sulfide) groups is 1. The van der Waals surface area contributed by atoms with Crippen LogP contribution in [0, 0.1) is 5.92 Å². The number of hydrogen-bond donors (Lipinski definition) is 2. The molecule has 2 N–H and O–H groups in total. The van der Waals surface area contributed by atoms with Gasteiger partial charge in [0.1, 0.15) is 12.0 Å². The molecule has 1 aromatic rings. The average Bonchev–Trinajstić information content (AvgIpc) is 2.83. The summed E-state index contributed by atoms with van der Waals surface area (Å²) in [5, 5.41) is 24.0. The van der Waals surface area contributed by atoms with Crippen LogP contribution in [0.4, 0.5) is 0 Å². The van der Waals surface area contributed by atoms with Crippen LogP contribution in [0.25, 0.3) is 0 Å². The Morgan fingerprint density at radius 2 is 1.89 bits per heavy atom. The molecular weight excluding hydrogens is 379 g/mol. The second-order valence-corrected chi connectivity index (χ2v) is 8.96. The van der Waals surface area contributed by atoms with Gasteiger partial charge >= 0.3 is 29.6 Å². The van der Waals surface area contributed by atoms with E-state index in [2.05, 4.69) is 5.32 Å². The van der Waals surface area contributed by atoms with Gasteiger partial charge in [-0.2, -0.15) is 0 Å². The number of carbonyl (C=O) groups is 3. The maximum atomic E-state index is 12.4. The Labute approximate surface area is 184 Å². The Morgan fingerprint density at radius 3 is 2.44 bits per heavy atom. The molecule has 2 amide bonds. The Bertz CT molecular complexity index is 745. The number of rotatable bonds is 5. The van der Waals surface area contributed by atoms with Crippen LogP contribution in [0.2, 0.25) is 0 Å². The topological polar surface area (TPSA) is 110 Å². The Morgan fingerprint density at radius 1 is 1.30 bits per heavy atom. The molecule has 0 saturated carbocycles. The van der Waals surface area contributed by atoms with Crippen molar-refractivity contribution in [2.75, 3.05) is 0 Å². The van der Waals surface area contributed by atoms with Crippen LogP contribution in [0.3, 0.4) is 0 Å². The van der Waals surface area contributed by atoms with E-state index in [0.717, 1.165) is 5.56 Å². The van der Waals surface area contributed by atoms with Crippen LogP contribution in [0.15, 0.2) is 30.3 Å². The van der Waals surface area contributed by atoms with E-state index < -0.39 is 46.0 Å². The van der Waals surface area contributed by atoms with Gasteiger partial charge in [0, 0.05) is 4.75 Å². The molecule has 0 spiro atoms. The number of hydrogen-bond acceptors (Lipinski definition) is 6. The molecule has 0 aliphatic carbocycles. The van der Waals surface area contributed by atoms with Crippen molar-refractivity contribution in [3.63, 3.8) is 0 Å². The summed E-state index contributed by atoms with van der Waals surface area (Å²) >= 11 is 1.27. The van der Waals surface area contributed by atoms with Crippen molar-refractivity contribution < 1.29 is 54.2 Å². The van der Waals surface area contributed by atoms with Crippen molar-refractivity contribution in [3.8, 4) is 0 Å². The van der Waals surface area contributed by atoms with Crippen LogP contribution in [0.5, 0.6) is 0 Å². The maximum absolute atomic E-state index is 12.4. The van der Waals surface area contributed by atoms with E-state index in [4.69, 9.17) is 0 Å². The number of nitrogens with zero attached hydrogens (tertiary/aromatic N) is 1. The number of carboxylic acids is 1. The Kier molecular flexibility index (Phi) is 6.69. The SMILES string of the molecule is C[C@H](NC(=O)[C@@H](O)[C@@H]1C(=O)N2[C@@H]1SC(C)(C)[C@@H]2C(=O)[O-])c1ccccc1.[Na+]. The Hall–Kier alpha value is -1.06. The molecule has 0 bridgehead atoms. The summed E-state index contributed by atoms with van der Waals surface area (Å²) < 4.78 is -0.749. The molecule has 27 heavy (non-hydrogen) atoms. The van der Waals surface area contributed by atoms with Gasteiger partial charge in [-0.25, -0.2) is 0 Å². The first kappa shape index (κ1) is 22.2. The van der Waals surface area contributed by atoms with Crippen molar-refractivity contribution in [3.05, 3.63) is 35.9 Å². The van der Waals surface area contributed by atoms with Gasteiger partial charge < -0.3 is 25.2 Å². The molecule has 2 heterocycles. The molecule has 3 rings (SSSR count). The zero-order valence-corrected chi connectivity index (χ0v) is 18.5. The van der Waals surface area contributed by atoms with Gasteiger partial charge in [0.25, 0.3) is 0 Å². The zero-order valence-electron chi connectivity index (χ0n) is 15.7. The van der Waals surface area contributed by atoms with E-state index in [1.54, 1.807) is 20.8 Å². The standard InChI is InChI=1S/C18H22N2O5S.Na/c1-9(10-7-5-4-6-8-10)19-14(22)12(21)11-15(23)20-13(17(24)25)18(2,3)26-16(11)20;/h4-9,11-13,16,21H,1-3H3,(H,19,22)(H,24,25);/q;+1/p-1/t9-,11+,12-,13-,16+;/m0./s1. The minimum absolute atomic E-state index is 0. The fourth-order valence-corrected chi connectivity index (χ4v) is 5.31. The van der Waals surface area contributed by atoms with Crippen LogP contribution >= 0.6 is 11.8 Å². The quantitative estimate of drug-likeness (QED) is 0.395. The largest absolute Gasteiger partial charge is 1.00 e.